The molecule has 0 aliphatic heterocycles. The normalized spacial score (nSPS) is 22.1. The van der Waals surface area contributed by atoms with Gasteiger partial charge in [0.2, 0.25) is 10.0 Å². The molecule has 1 aliphatic carbocycles. The summed E-state index contributed by atoms with van der Waals surface area (Å²) in [6.45, 7) is 2.19. The van der Waals surface area contributed by atoms with Gasteiger partial charge in [-0.25, -0.2) is 8.42 Å². The zero-order valence-corrected chi connectivity index (χ0v) is 14.5. The third kappa shape index (κ3) is 3.03. The molecule has 3 rings (SSSR count). The highest BCUT2D eigenvalue weighted by molar-refractivity contribution is 7.89. The summed E-state index contributed by atoms with van der Waals surface area (Å²) in [5.41, 5.74) is -0.864. The Hall–Kier alpha value is -1.93. The third-order valence-corrected chi connectivity index (χ3v) is 6.78. The lowest BCUT2D eigenvalue weighted by molar-refractivity contribution is 0.246. The van der Waals surface area contributed by atoms with Gasteiger partial charge in [-0.15, -0.1) is 0 Å². The van der Waals surface area contributed by atoms with E-state index in [0.717, 1.165) is 25.7 Å². The Morgan fingerprint density at radius 2 is 1.58 bits per heavy atom. The van der Waals surface area contributed by atoms with Crippen molar-refractivity contribution in [3.8, 4) is 0 Å². The van der Waals surface area contributed by atoms with Crippen LogP contribution in [-0.2, 0) is 10.0 Å². The summed E-state index contributed by atoms with van der Waals surface area (Å²) in [4.78, 5) is 27.7. The number of nitrogens with zero attached hydrogens (tertiary/aromatic N) is 1. The van der Waals surface area contributed by atoms with Crippen molar-refractivity contribution in [2.45, 2.75) is 43.5 Å². The lowest BCUT2D eigenvalue weighted by Gasteiger charge is -2.32. The van der Waals surface area contributed by atoms with Crippen molar-refractivity contribution < 1.29 is 8.42 Å². The molecule has 2 N–H and O–H groups in total. The minimum Gasteiger partial charge on any atom is -0.316 e. The first-order chi connectivity index (χ1) is 11.3. The van der Waals surface area contributed by atoms with E-state index in [1.165, 1.54) is 22.5 Å². The van der Waals surface area contributed by atoms with Crippen molar-refractivity contribution in [1.82, 2.24) is 14.3 Å². The molecule has 0 bridgehead atoms. The zero-order chi connectivity index (χ0) is 17.5. The van der Waals surface area contributed by atoms with Crippen LogP contribution in [0.15, 0.2) is 32.7 Å². The van der Waals surface area contributed by atoms with Crippen molar-refractivity contribution in [1.29, 1.82) is 0 Å². The third-order valence-electron chi connectivity index (χ3n) is 4.87. The van der Waals surface area contributed by atoms with Gasteiger partial charge in [0.15, 0.2) is 0 Å². The fraction of sp³-hybridized carbons (Fsp3) is 0.500. The van der Waals surface area contributed by atoms with E-state index >= 15 is 0 Å². The molecule has 1 fully saturated rings. The molecule has 1 aliphatic rings. The SMILES string of the molecule is CC1CCC(N(C)S(=O)(=O)c2ccc3[nH]c(=O)c(=O)[nH]c3c2)CC1. The molecule has 1 heterocycles. The molecular formula is C16H21N3O4S. The highest BCUT2D eigenvalue weighted by Crippen LogP contribution is 2.29. The second kappa shape index (κ2) is 6.18. The first kappa shape index (κ1) is 16.9. The number of rotatable bonds is 3. The van der Waals surface area contributed by atoms with Crippen LogP contribution in [0.3, 0.4) is 0 Å². The van der Waals surface area contributed by atoms with Crippen LogP contribution < -0.4 is 11.1 Å². The van der Waals surface area contributed by atoms with Gasteiger partial charge >= 0.3 is 11.1 Å². The Labute approximate surface area is 139 Å². The van der Waals surface area contributed by atoms with Crippen LogP contribution in [0, 0.1) is 5.92 Å². The molecule has 1 saturated carbocycles. The Kier molecular flexibility index (Phi) is 4.35. The number of hydrogen-bond acceptors (Lipinski definition) is 4. The second-order valence-corrected chi connectivity index (χ2v) is 8.55. The molecule has 7 nitrogen and oxygen atoms in total. The maximum atomic E-state index is 12.9. The first-order valence-corrected chi connectivity index (χ1v) is 9.47. The predicted molar refractivity (Wildman–Crippen MR) is 91.6 cm³/mol. The van der Waals surface area contributed by atoms with Crippen LogP contribution in [-0.4, -0.2) is 35.8 Å². The summed E-state index contributed by atoms with van der Waals surface area (Å²) in [5, 5.41) is 0. The molecule has 1 aromatic carbocycles. The van der Waals surface area contributed by atoms with Gasteiger partial charge in [-0.1, -0.05) is 6.92 Å². The molecule has 0 radical (unpaired) electrons. The van der Waals surface area contributed by atoms with Crippen molar-refractivity contribution in [2.24, 2.45) is 5.92 Å². The Balaban J connectivity index is 1.97. The van der Waals surface area contributed by atoms with E-state index in [0.29, 0.717) is 17.0 Å². The number of fused-ring (bicyclic) bond motifs is 1. The van der Waals surface area contributed by atoms with E-state index in [1.54, 1.807) is 7.05 Å². The molecule has 130 valence electrons. The van der Waals surface area contributed by atoms with E-state index < -0.39 is 21.1 Å². The number of nitrogens with one attached hydrogen (secondary N) is 2. The van der Waals surface area contributed by atoms with E-state index in [-0.39, 0.29) is 10.9 Å². The summed E-state index contributed by atoms with van der Waals surface area (Å²) in [7, 11) is -2.04. The van der Waals surface area contributed by atoms with Crippen LogP contribution >= 0.6 is 0 Å². The lowest BCUT2D eigenvalue weighted by atomic mass is 9.87. The smallest absolute Gasteiger partial charge is 0.314 e. The summed E-state index contributed by atoms with van der Waals surface area (Å²) >= 11 is 0. The minimum atomic E-state index is -3.65. The number of H-pyrrole nitrogens is 2. The van der Waals surface area contributed by atoms with Gasteiger partial charge in [0.05, 0.1) is 15.9 Å². The van der Waals surface area contributed by atoms with Crippen molar-refractivity contribution in [3.05, 3.63) is 38.9 Å². The summed E-state index contributed by atoms with van der Waals surface area (Å²) in [6, 6.07) is 4.34. The number of aromatic amines is 2. The van der Waals surface area contributed by atoms with E-state index in [1.807, 2.05) is 0 Å². The van der Waals surface area contributed by atoms with Crippen molar-refractivity contribution in [3.63, 3.8) is 0 Å². The monoisotopic (exact) mass is 351 g/mol. The van der Waals surface area contributed by atoms with Gasteiger partial charge in [0.25, 0.3) is 0 Å². The fourth-order valence-corrected chi connectivity index (χ4v) is 4.67. The van der Waals surface area contributed by atoms with Gasteiger partial charge < -0.3 is 9.97 Å². The molecule has 8 heteroatoms. The summed E-state index contributed by atoms with van der Waals surface area (Å²) in [6.07, 6.45) is 3.76. The molecular weight excluding hydrogens is 330 g/mol. The lowest BCUT2D eigenvalue weighted by Crippen LogP contribution is -2.39. The summed E-state index contributed by atoms with van der Waals surface area (Å²) < 4.78 is 27.2. The Morgan fingerprint density at radius 1 is 1.00 bits per heavy atom. The fourth-order valence-electron chi connectivity index (χ4n) is 3.22. The molecule has 0 spiro atoms. The number of aromatic nitrogens is 2. The Bertz CT molecular complexity index is 969. The van der Waals surface area contributed by atoms with Crippen molar-refractivity contribution in [2.75, 3.05) is 7.05 Å². The largest absolute Gasteiger partial charge is 0.316 e. The van der Waals surface area contributed by atoms with Crippen LogP contribution in [0.25, 0.3) is 11.0 Å². The summed E-state index contributed by atoms with van der Waals surface area (Å²) in [5.74, 6) is 0.639. The highest BCUT2D eigenvalue weighted by Gasteiger charge is 2.30. The zero-order valence-electron chi connectivity index (χ0n) is 13.7. The second-order valence-electron chi connectivity index (χ2n) is 6.55. The highest BCUT2D eigenvalue weighted by atomic mass is 32.2. The molecule has 0 amide bonds. The number of sulfonamides is 1. The minimum absolute atomic E-state index is 0.00322. The quantitative estimate of drug-likeness (QED) is 0.816. The molecule has 0 saturated heterocycles. The van der Waals surface area contributed by atoms with Crippen LogP contribution in [0.1, 0.15) is 32.6 Å². The maximum absolute atomic E-state index is 12.9. The van der Waals surface area contributed by atoms with Crippen LogP contribution in [0.2, 0.25) is 0 Å². The van der Waals surface area contributed by atoms with Gasteiger partial charge in [-0.3, -0.25) is 9.59 Å². The van der Waals surface area contributed by atoms with Gasteiger partial charge in [-0.05, 0) is 49.8 Å². The number of hydrogen-bond donors (Lipinski definition) is 2. The van der Waals surface area contributed by atoms with Gasteiger partial charge in [0, 0.05) is 13.1 Å². The molecule has 0 unspecified atom stereocenters. The van der Waals surface area contributed by atoms with Crippen LogP contribution in [0.5, 0.6) is 0 Å². The Morgan fingerprint density at radius 3 is 2.21 bits per heavy atom. The topological polar surface area (TPSA) is 103 Å². The van der Waals surface area contributed by atoms with Crippen molar-refractivity contribution >= 4 is 21.1 Å². The van der Waals surface area contributed by atoms with E-state index in [4.69, 9.17) is 0 Å². The van der Waals surface area contributed by atoms with Gasteiger partial charge in [0.1, 0.15) is 0 Å². The predicted octanol–water partition coefficient (Wildman–Crippen LogP) is 1.42. The number of benzene rings is 1. The van der Waals surface area contributed by atoms with Crippen LogP contribution in [0.4, 0.5) is 0 Å². The average Bonchev–Trinajstić information content (AvgIpc) is 2.55. The molecule has 24 heavy (non-hydrogen) atoms. The van der Waals surface area contributed by atoms with E-state index in [9.17, 15) is 18.0 Å². The molecule has 2 aromatic rings. The first-order valence-electron chi connectivity index (χ1n) is 8.03. The maximum Gasteiger partial charge on any atom is 0.314 e. The standard InChI is InChI=1S/C16H21N3O4S/c1-10-3-5-11(6-4-10)19(2)24(22,23)12-7-8-13-14(9-12)18-16(21)15(20)17-13/h7-11H,3-6H2,1-2H3,(H,17,20)(H,18,21). The van der Waals surface area contributed by atoms with Gasteiger partial charge in [-0.2, -0.15) is 4.31 Å². The van der Waals surface area contributed by atoms with E-state index in [2.05, 4.69) is 16.9 Å². The molecule has 0 atom stereocenters. The molecule has 1 aromatic heterocycles. The average molecular weight is 351 g/mol.